The first-order chi connectivity index (χ1) is 16.9. The third-order valence-electron chi connectivity index (χ3n) is 6.08. The van der Waals surface area contributed by atoms with E-state index in [1.807, 2.05) is 0 Å². The van der Waals surface area contributed by atoms with E-state index in [4.69, 9.17) is 0 Å². The number of hydrogen-bond acceptors (Lipinski definition) is 4. The molecular weight excluding hydrogens is 495 g/mol. The number of amides is 2. The fourth-order valence-corrected chi connectivity index (χ4v) is 4.52. The van der Waals surface area contributed by atoms with Crippen LogP contribution in [0.4, 0.5) is 13.2 Å². The molecule has 0 saturated carbocycles. The average Bonchev–Trinajstić information content (AvgIpc) is 3.31. The summed E-state index contributed by atoms with van der Waals surface area (Å²) in [5.41, 5.74) is 1.78. The van der Waals surface area contributed by atoms with Gasteiger partial charge in [0.2, 0.25) is 15.9 Å². The summed E-state index contributed by atoms with van der Waals surface area (Å²) in [4.78, 5) is 26.9. The van der Waals surface area contributed by atoms with E-state index in [0.29, 0.717) is 30.6 Å². The molecule has 0 bridgehead atoms. The predicted octanol–water partition coefficient (Wildman–Crippen LogP) is 3.40. The van der Waals surface area contributed by atoms with Gasteiger partial charge in [0.25, 0.3) is 5.91 Å². The molecule has 0 unspecified atom stereocenters. The molecule has 0 aliphatic carbocycles. The molecule has 0 spiro atoms. The number of carbonyl (C=O) groups excluding carboxylic acids is 2. The summed E-state index contributed by atoms with van der Waals surface area (Å²) in [6, 6.07) is 9.69. The van der Waals surface area contributed by atoms with Crippen molar-refractivity contribution in [1.29, 1.82) is 0 Å². The number of benzene rings is 2. The SMILES string of the molecule is C=CS(=O)(=O)NC[C@H]1CCN(C(=O)c2ccc(CC(=O)NCc3ccc(C(F)(F)F)cc3)c(C)c2)C1. The topological polar surface area (TPSA) is 95.6 Å². The van der Waals surface area contributed by atoms with Gasteiger partial charge in [-0.1, -0.05) is 24.8 Å². The molecule has 0 radical (unpaired) electrons. The minimum Gasteiger partial charge on any atom is -0.352 e. The molecule has 2 amide bonds. The Hall–Kier alpha value is -3.18. The zero-order chi connectivity index (χ0) is 26.5. The minimum absolute atomic E-state index is 0.0115. The highest BCUT2D eigenvalue weighted by Crippen LogP contribution is 2.29. The maximum atomic E-state index is 12.9. The zero-order valence-corrected chi connectivity index (χ0v) is 20.6. The molecular formula is C25H28F3N3O4S. The summed E-state index contributed by atoms with van der Waals surface area (Å²) in [7, 11) is -3.51. The van der Waals surface area contributed by atoms with Crippen LogP contribution in [-0.4, -0.2) is 44.8 Å². The molecule has 0 aromatic heterocycles. The molecule has 11 heteroatoms. The fourth-order valence-electron chi connectivity index (χ4n) is 3.93. The second-order valence-electron chi connectivity index (χ2n) is 8.76. The second-order valence-corrected chi connectivity index (χ2v) is 10.5. The summed E-state index contributed by atoms with van der Waals surface area (Å²) < 4.78 is 63.5. The lowest BCUT2D eigenvalue weighted by Crippen LogP contribution is -2.32. The van der Waals surface area contributed by atoms with Gasteiger partial charge in [-0.25, -0.2) is 13.1 Å². The van der Waals surface area contributed by atoms with Crippen LogP contribution in [0.15, 0.2) is 54.5 Å². The van der Waals surface area contributed by atoms with Crippen molar-refractivity contribution in [3.63, 3.8) is 0 Å². The third-order valence-corrected chi connectivity index (χ3v) is 7.09. The first kappa shape index (κ1) is 27.4. The molecule has 36 heavy (non-hydrogen) atoms. The van der Waals surface area contributed by atoms with Crippen LogP contribution < -0.4 is 10.0 Å². The molecule has 2 aromatic rings. The normalized spacial score (nSPS) is 16.1. The quantitative estimate of drug-likeness (QED) is 0.527. The lowest BCUT2D eigenvalue weighted by Gasteiger charge is -2.18. The van der Waals surface area contributed by atoms with E-state index in [1.54, 1.807) is 30.0 Å². The maximum absolute atomic E-state index is 12.9. The lowest BCUT2D eigenvalue weighted by atomic mass is 10.0. The minimum atomic E-state index is -4.41. The van der Waals surface area contributed by atoms with Gasteiger partial charge >= 0.3 is 6.18 Å². The van der Waals surface area contributed by atoms with Crippen molar-refractivity contribution in [1.82, 2.24) is 14.9 Å². The Labute approximate surface area is 208 Å². The van der Waals surface area contributed by atoms with Crippen LogP contribution in [0.2, 0.25) is 0 Å². The highest BCUT2D eigenvalue weighted by Gasteiger charge is 2.30. The molecule has 2 N–H and O–H groups in total. The number of halogens is 3. The Kier molecular flexibility index (Phi) is 8.57. The fraction of sp³-hybridized carbons (Fsp3) is 0.360. The van der Waals surface area contributed by atoms with E-state index in [2.05, 4.69) is 16.6 Å². The highest BCUT2D eigenvalue weighted by molar-refractivity contribution is 7.92. The van der Waals surface area contributed by atoms with Gasteiger partial charge in [-0.3, -0.25) is 9.59 Å². The zero-order valence-electron chi connectivity index (χ0n) is 19.8. The summed E-state index contributed by atoms with van der Waals surface area (Å²) in [6.45, 7) is 6.34. The average molecular weight is 524 g/mol. The molecule has 1 fully saturated rings. The molecule has 194 valence electrons. The standard InChI is InChI=1S/C25H28F3N3O4S/c1-3-36(34,35)30-15-19-10-11-31(16-19)24(33)21-7-6-20(17(2)12-21)13-23(32)29-14-18-4-8-22(9-5-18)25(26,27)28/h3-9,12,19,30H,1,10-11,13-16H2,2H3,(H,29,32)/t19-/m1/s1. The maximum Gasteiger partial charge on any atom is 0.416 e. The van der Waals surface area contributed by atoms with Crippen LogP contribution in [0.1, 0.15) is 39.0 Å². The van der Waals surface area contributed by atoms with Gasteiger partial charge in [0.1, 0.15) is 0 Å². The van der Waals surface area contributed by atoms with E-state index in [-0.39, 0.29) is 37.2 Å². The number of sulfonamides is 1. The van der Waals surface area contributed by atoms with E-state index in [9.17, 15) is 31.2 Å². The number of nitrogens with one attached hydrogen (secondary N) is 2. The van der Waals surface area contributed by atoms with E-state index >= 15 is 0 Å². The number of nitrogens with zero attached hydrogens (tertiary/aromatic N) is 1. The summed E-state index contributed by atoms with van der Waals surface area (Å²) in [6.07, 6.45) is -3.66. The smallest absolute Gasteiger partial charge is 0.352 e. The Bertz CT molecular complexity index is 1230. The van der Waals surface area contributed by atoms with Gasteiger partial charge in [0.05, 0.1) is 12.0 Å². The summed E-state index contributed by atoms with van der Waals surface area (Å²) in [5, 5.41) is 3.55. The van der Waals surface area contributed by atoms with Gasteiger partial charge in [-0.2, -0.15) is 13.2 Å². The van der Waals surface area contributed by atoms with Gasteiger partial charge in [0, 0.05) is 37.2 Å². The van der Waals surface area contributed by atoms with Crippen LogP contribution in [0.5, 0.6) is 0 Å². The lowest BCUT2D eigenvalue weighted by molar-refractivity contribution is -0.137. The van der Waals surface area contributed by atoms with Crippen molar-refractivity contribution in [3.8, 4) is 0 Å². The van der Waals surface area contributed by atoms with Crippen molar-refractivity contribution >= 4 is 21.8 Å². The molecule has 1 atom stereocenters. The van der Waals surface area contributed by atoms with Gasteiger partial charge < -0.3 is 10.2 Å². The Balaban J connectivity index is 1.52. The number of carbonyl (C=O) groups is 2. The van der Waals surface area contributed by atoms with E-state index in [1.165, 1.54) is 12.1 Å². The molecule has 1 aliphatic heterocycles. The third kappa shape index (κ3) is 7.41. The molecule has 1 heterocycles. The second kappa shape index (κ2) is 11.3. The number of aryl methyl sites for hydroxylation is 1. The molecule has 1 aliphatic rings. The number of likely N-dealkylation sites (tertiary alicyclic amines) is 1. The summed E-state index contributed by atoms with van der Waals surface area (Å²) >= 11 is 0. The number of hydrogen-bond donors (Lipinski definition) is 2. The first-order valence-corrected chi connectivity index (χ1v) is 12.9. The highest BCUT2D eigenvalue weighted by atomic mass is 32.2. The van der Waals surface area contributed by atoms with Crippen molar-refractivity contribution in [3.05, 3.63) is 82.3 Å². The predicted molar refractivity (Wildman–Crippen MR) is 129 cm³/mol. The number of alkyl halides is 3. The first-order valence-electron chi connectivity index (χ1n) is 11.3. The van der Waals surface area contributed by atoms with Crippen molar-refractivity contribution in [2.24, 2.45) is 5.92 Å². The van der Waals surface area contributed by atoms with Crippen LogP contribution in [0, 0.1) is 12.8 Å². The molecule has 3 rings (SSSR count). The largest absolute Gasteiger partial charge is 0.416 e. The Morgan fingerprint density at radius 1 is 1.17 bits per heavy atom. The van der Waals surface area contributed by atoms with Gasteiger partial charge in [0.15, 0.2) is 0 Å². The van der Waals surface area contributed by atoms with Gasteiger partial charge in [-0.05, 0) is 60.2 Å². The van der Waals surface area contributed by atoms with Crippen LogP contribution in [0.25, 0.3) is 0 Å². The monoisotopic (exact) mass is 523 g/mol. The van der Waals surface area contributed by atoms with Crippen molar-refractivity contribution in [2.75, 3.05) is 19.6 Å². The van der Waals surface area contributed by atoms with Crippen LogP contribution in [0.3, 0.4) is 0 Å². The van der Waals surface area contributed by atoms with Crippen LogP contribution in [-0.2, 0) is 34.0 Å². The van der Waals surface area contributed by atoms with Crippen molar-refractivity contribution in [2.45, 2.75) is 32.5 Å². The molecule has 2 aromatic carbocycles. The Morgan fingerprint density at radius 2 is 1.86 bits per heavy atom. The molecule has 7 nitrogen and oxygen atoms in total. The van der Waals surface area contributed by atoms with Gasteiger partial charge in [-0.15, -0.1) is 0 Å². The van der Waals surface area contributed by atoms with E-state index in [0.717, 1.165) is 28.7 Å². The van der Waals surface area contributed by atoms with Crippen molar-refractivity contribution < 1.29 is 31.2 Å². The Morgan fingerprint density at radius 3 is 2.47 bits per heavy atom. The summed E-state index contributed by atoms with van der Waals surface area (Å²) in [5.74, 6) is -0.440. The number of rotatable bonds is 9. The van der Waals surface area contributed by atoms with E-state index < -0.39 is 21.8 Å². The van der Waals surface area contributed by atoms with Crippen LogP contribution >= 0.6 is 0 Å². The molecule has 1 saturated heterocycles.